The lowest BCUT2D eigenvalue weighted by atomic mass is 10.2. The third-order valence-electron chi connectivity index (χ3n) is 4.58. The van der Waals surface area contributed by atoms with Gasteiger partial charge in [-0.2, -0.15) is 5.10 Å². The van der Waals surface area contributed by atoms with Gasteiger partial charge in [-0.3, -0.25) is 19.0 Å². The molecule has 0 spiro atoms. The minimum Gasteiger partial charge on any atom is -0.329 e. The lowest BCUT2D eigenvalue weighted by Crippen LogP contribution is -2.31. The summed E-state index contributed by atoms with van der Waals surface area (Å²) < 4.78 is 3.11. The monoisotopic (exact) mass is 385 g/mol. The summed E-state index contributed by atoms with van der Waals surface area (Å²) in [5.41, 5.74) is 0.569. The highest BCUT2D eigenvalue weighted by Crippen LogP contribution is 2.36. The number of carbonyl (C=O) groups is 2. The summed E-state index contributed by atoms with van der Waals surface area (Å²) in [5, 5.41) is 14.5. The summed E-state index contributed by atoms with van der Waals surface area (Å²) in [6, 6.07) is 5.42. The van der Waals surface area contributed by atoms with E-state index in [9.17, 15) is 9.59 Å². The minimum absolute atomic E-state index is 0.0181. The molecule has 0 saturated carbocycles. The molecule has 0 aliphatic carbocycles. The molecule has 1 atom stereocenters. The van der Waals surface area contributed by atoms with Crippen LogP contribution in [0.25, 0.3) is 0 Å². The molecule has 3 aromatic rings. The quantitative estimate of drug-likeness (QED) is 0.739. The number of carbonyl (C=O) groups excluding carboxylic acids is 2. The predicted molar refractivity (Wildman–Crippen MR) is 99.5 cm³/mol. The fourth-order valence-corrected chi connectivity index (χ4v) is 4.32. The number of hydrogen-bond acceptors (Lipinski definition) is 6. The Morgan fingerprint density at radius 3 is 2.81 bits per heavy atom. The smallest absolute Gasteiger partial charge is 0.272 e. The van der Waals surface area contributed by atoms with Crippen LogP contribution >= 0.6 is 11.3 Å². The molecule has 10 heteroatoms. The van der Waals surface area contributed by atoms with Crippen LogP contribution in [-0.2, 0) is 14.1 Å². The summed E-state index contributed by atoms with van der Waals surface area (Å²) in [6.45, 7) is 0.702. The molecular weight excluding hydrogens is 366 g/mol. The molecule has 1 aliphatic heterocycles. The number of nitrogens with zero attached hydrogens (tertiary/aromatic N) is 6. The van der Waals surface area contributed by atoms with Gasteiger partial charge < -0.3 is 10.2 Å². The molecule has 140 valence electrons. The van der Waals surface area contributed by atoms with Crippen LogP contribution in [0.1, 0.15) is 43.9 Å². The number of amides is 2. The van der Waals surface area contributed by atoms with Crippen molar-refractivity contribution in [2.45, 2.75) is 18.9 Å². The van der Waals surface area contributed by atoms with Crippen molar-refractivity contribution in [3.8, 4) is 0 Å². The van der Waals surface area contributed by atoms with Crippen LogP contribution in [0.3, 0.4) is 0 Å². The number of anilines is 1. The van der Waals surface area contributed by atoms with Gasteiger partial charge in [-0.25, -0.2) is 0 Å². The van der Waals surface area contributed by atoms with E-state index in [-0.39, 0.29) is 17.9 Å². The molecule has 3 aromatic heterocycles. The normalized spacial score (nSPS) is 16.7. The van der Waals surface area contributed by atoms with Gasteiger partial charge in [-0.1, -0.05) is 5.21 Å². The number of thiophene rings is 1. The number of rotatable bonds is 4. The molecule has 1 aliphatic rings. The molecule has 9 nitrogen and oxygen atoms in total. The van der Waals surface area contributed by atoms with Gasteiger partial charge in [0.25, 0.3) is 11.8 Å². The minimum atomic E-state index is -0.228. The van der Waals surface area contributed by atoms with E-state index in [0.717, 1.165) is 17.7 Å². The van der Waals surface area contributed by atoms with E-state index in [1.807, 2.05) is 11.0 Å². The zero-order valence-electron chi connectivity index (χ0n) is 15.0. The second kappa shape index (κ2) is 6.95. The Bertz CT molecular complexity index is 989. The van der Waals surface area contributed by atoms with Crippen molar-refractivity contribution in [3.63, 3.8) is 0 Å². The molecule has 0 bridgehead atoms. The fraction of sp³-hybridized carbons (Fsp3) is 0.353. The van der Waals surface area contributed by atoms with Gasteiger partial charge in [0, 0.05) is 31.7 Å². The van der Waals surface area contributed by atoms with Crippen molar-refractivity contribution in [1.29, 1.82) is 0 Å². The van der Waals surface area contributed by atoms with Gasteiger partial charge in [0.05, 0.1) is 17.1 Å². The van der Waals surface area contributed by atoms with Crippen LogP contribution in [0.2, 0.25) is 0 Å². The van der Waals surface area contributed by atoms with E-state index in [2.05, 4.69) is 20.7 Å². The topological polar surface area (TPSA) is 97.9 Å². The Kier molecular flexibility index (Phi) is 4.48. The van der Waals surface area contributed by atoms with E-state index in [1.54, 1.807) is 43.3 Å². The Balaban J connectivity index is 1.51. The van der Waals surface area contributed by atoms with Crippen molar-refractivity contribution in [1.82, 2.24) is 29.7 Å². The zero-order chi connectivity index (χ0) is 19.0. The first kappa shape index (κ1) is 17.4. The van der Waals surface area contributed by atoms with Gasteiger partial charge in [-0.05, 0) is 31.0 Å². The van der Waals surface area contributed by atoms with Gasteiger partial charge in [0.1, 0.15) is 5.69 Å². The van der Waals surface area contributed by atoms with E-state index in [4.69, 9.17) is 0 Å². The Morgan fingerprint density at radius 2 is 2.11 bits per heavy atom. The van der Waals surface area contributed by atoms with Crippen LogP contribution in [0, 0.1) is 0 Å². The van der Waals surface area contributed by atoms with Crippen LogP contribution in [0.4, 0.5) is 5.82 Å². The first-order valence-corrected chi connectivity index (χ1v) is 9.41. The lowest BCUT2D eigenvalue weighted by molar-refractivity contribution is 0.0726. The molecule has 0 aromatic carbocycles. The number of nitrogens with one attached hydrogen (secondary N) is 1. The van der Waals surface area contributed by atoms with Gasteiger partial charge in [0.2, 0.25) is 0 Å². The Morgan fingerprint density at radius 1 is 1.26 bits per heavy atom. The highest BCUT2D eigenvalue weighted by atomic mass is 32.1. The summed E-state index contributed by atoms with van der Waals surface area (Å²) >= 11 is 1.40. The van der Waals surface area contributed by atoms with Crippen molar-refractivity contribution >= 4 is 29.0 Å². The molecule has 4 heterocycles. The van der Waals surface area contributed by atoms with E-state index < -0.39 is 0 Å². The molecule has 1 saturated heterocycles. The van der Waals surface area contributed by atoms with Crippen molar-refractivity contribution in [3.05, 3.63) is 46.0 Å². The number of aromatic nitrogens is 5. The number of likely N-dealkylation sites (tertiary alicyclic amines) is 1. The second-order valence-electron chi connectivity index (χ2n) is 6.43. The third kappa shape index (κ3) is 3.35. The summed E-state index contributed by atoms with van der Waals surface area (Å²) in [6.07, 6.45) is 5.08. The highest BCUT2D eigenvalue weighted by molar-refractivity contribution is 7.14. The zero-order valence-corrected chi connectivity index (χ0v) is 15.8. The van der Waals surface area contributed by atoms with Crippen LogP contribution in [0.5, 0.6) is 0 Å². The Hall–Kier alpha value is -3.01. The molecule has 27 heavy (non-hydrogen) atoms. The standard InChI is InChI=1S/C17H19N7O2S/c1-22-10-15(20-21-22)19-16(25)14-6-5-13(27-14)11-4-3-9-24(11)17(26)12-7-8-18-23(12)2/h5-8,10-11H,3-4,9H2,1-2H3,(H,19,25). The predicted octanol–water partition coefficient (Wildman–Crippen LogP) is 1.84. The maximum atomic E-state index is 12.9. The van der Waals surface area contributed by atoms with E-state index in [1.165, 1.54) is 16.0 Å². The SMILES string of the molecule is Cn1cc(NC(=O)c2ccc(C3CCCN3C(=O)c3ccnn3C)s2)nn1. The molecule has 1 unspecified atom stereocenters. The average molecular weight is 385 g/mol. The summed E-state index contributed by atoms with van der Waals surface area (Å²) in [7, 11) is 3.50. The third-order valence-corrected chi connectivity index (χ3v) is 5.76. The van der Waals surface area contributed by atoms with E-state index in [0.29, 0.717) is 22.9 Å². The largest absolute Gasteiger partial charge is 0.329 e. The summed E-state index contributed by atoms with van der Waals surface area (Å²) in [4.78, 5) is 28.8. The molecule has 4 rings (SSSR count). The van der Waals surface area contributed by atoms with Crippen molar-refractivity contribution in [2.24, 2.45) is 14.1 Å². The molecule has 1 fully saturated rings. The maximum Gasteiger partial charge on any atom is 0.272 e. The average Bonchev–Trinajstić information content (AvgIpc) is 3.41. The van der Waals surface area contributed by atoms with Gasteiger partial charge >= 0.3 is 0 Å². The molecular formula is C17H19N7O2S. The van der Waals surface area contributed by atoms with Crippen LogP contribution in [-0.4, -0.2) is 48.0 Å². The number of hydrogen-bond donors (Lipinski definition) is 1. The maximum absolute atomic E-state index is 12.9. The molecule has 1 N–H and O–H groups in total. The fourth-order valence-electron chi connectivity index (χ4n) is 3.27. The summed E-state index contributed by atoms with van der Waals surface area (Å²) in [5.74, 6) is 0.150. The first-order chi connectivity index (χ1) is 13.0. The van der Waals surface area contributed by atoms with Gasteiger partial charge in [0.15, 0.2) is 5.82 Å². The van der Waals surface area contributed by atoms with E-state index >= 15 is 0 Å². The molecule has 2 amide bonds. The molecule has 0 radical (unpaired) electrons. The van der Waals surface area contributed by atoms with Gasteiger partial charge in [-0.15, -0.1) is 16.4 Å². The van der Waals surface area contributed by atoms with Crippen molar-refractivity contribution < 1.29 is 9.59 Å². The Labute approximate surface area is 159 Å². The highest BCUT2D eigenvalue weighted by Gasteiger charge is 2.33. The van der Waals surface area contributed by atoms with Crippen LogP contribution < -0.4 is 5.32 Å². The van der Waals surface area contributed by atoms with Crippen molar-refractivity contribution in [2.75, 3.05) is 11.9 Å². The number of aryl methyl sites for hydroxylation is 2. The van der Waals surface area contributed by atoms with Crippen LogP contribution in [0.15, 0.2) is 30.6 Å². The first-order valence-electron chi connectivity index (χ1n) is 8.59. The second-order valence-corrected chi connectivity index (χ2v) is 7.55. The lowest BCUT2D eigenvalue weighted by Gasteiger charge is -2.23.